The maximum Gasteiger partial charge on any atom is -0.00297 e. The molecule has 0 bridgehead atoms. The van der Waals surface area contributed by atoms with Gasteiger partial charge in [-0.15, -0.1) is 12.3 Å². The molecule has 1 aliphatic carbocycles. The molecule has 0 amide bonds. The second-order valence-corrected chi connectivity index (χ2v) is 6.81. The van der Waals surface area contributed by atoms with Crippen molar-refractivity contribution in [2.24, 2.45) is 5.41 Å². The van der Waals surface area contributed by atoms with Crippen LogP contribution in [0.25, 0.3) is 0 Å². The van der Waals surface area contributed by atoms with Gasteiger partial charge in [-0.3, -0.25) is 0 Å². The fourth-order valence-corrected chi connectivity index (χ4v) is 3.32. The Labute approximate surface area is 137 Å². The summed E-state index contributed by atoms with van der Waals surface area (Å²) >= 11 is 0. The lowest BCUT2D eigenvalue weighted by atomic mass is 9.80. The summed E-state index contributed by atoms with van der Waals surface area (Å²) in [4.78, 5) is 0. The summed E-state index contributed by atoms with van der Waals surface area (Å²) < 4.78 is 0. The van der Waals surface area contributed by atoms with Gasteiger partial charge in [0.2, 0.25) is 0 Å². The van der Waals surface area contributed by atoms with Crippen LogP contribution in [-0.4, -0.2) is 0 Å². The van der Waals surface area contributed by atoms with Crippen molar-refractivity contribution in [1.29, 1.82) is 0 Å². The van der Waals surface area contributed by atoms with Crippen molar-refractivity contribution in [3.05, 3.63) is 58.7 Å². The van der Waals surface area contributed by atoms with Gasteiger partial charge in [0.05, 0.1) is 0 Å². The highest BCUT2D eigenvalue weighted by Gasteiger charge is 2.32. The van der Waals surface area contributed by atoms with Crippen LogP contribution in [0.1, 0.15) is 58.6 Å². The van der Waals surface area contributed by atoms with Crippen molar-refractivity contribution in [2.75, 3.05) is 0 Å². The summed E-state index contributed by atoms with van der Waals surface area (Å²) in [6.45, 7) is 10.7. The normalized spacial score (nSPS) is 15.2. The number of rotatable bonds is 4. The van der Waals surface area contributed by atoms with Crippen molar-refractivity contribution in [1.82, 2.24) is 0 Å². The van der Waals surface area contributed by atoms with E-state index in [1.54, 1.807) is 18.1 Å². The number of terminal acetylenes is 1. The molecule has 0 saturated heterocycles. The highest BCUT2D eigenvalue weighted by atomic mass is 14.4. The van der Waals surface area contributed by atoms with E-state index in [1.807, 2.05) is 0 Å². The van der Waals surface area contributed by atoms with E-state index in [-0.39, 0.29) is 0 Å². The first-order valence-electron chi connectivity index (χ1n) is 8.22. The molecule has 0 aromatic heterocycles. The summed E-state index contributed by atoms with van der Waals surface area (Å²) in [5.74, 6) is 2.25. The van der Waals surface area contributed by atoms with Crippen LogP contribution in [-0.2, 0) is 12.8 Å². The number of fused-ring (bicyclic) bond motifs is 1. The molecule has 0 heteroatoms. The van der Waals surface area contributed by atoms with Gasteiger partial charge in [0.15, 0.2) is 0 Å². The standard InChI is InChI=1S/C19H26.C3H4/c1-5-8-16(11-15(2)3)12-19(4)13-17-9-6-7-10-18(17)14-19;1-3-2/h6-11H,5,12-14H2,1-4H3;1H,2H3/b16-8+;. The largest absolute Gasteiger partial charge is 0.120 e. The Morgan fingerprint density at radius 3 is 2.14 bits per heavy atom. The fraction of sp³-hybridized carbons (Fsp3) is 0.455. The summed E-state index contributed by atoms with van der Waals surface area (Å²) in [7, 11) is 0. The molecule has 0 unspecified atom stereocenters. The van der Waals surface area contributed by atoms with E-state index in [4.69, 9.17) is 0 Å². The van der Waals surface area contributed by atoms with Crippen molar-refractivity contribution >= 4 is 0 Å². The zero-order valence-electron chi connectivity index (χ0n) is 14.9. The van der Waals surface area contributed by atoms with Gasteiger partial charge in [0.25, 0.3) is 0 Å². The Hall–Kier alpha value is -1.74. The Morgan fingerprint density at radius 1 is 1.23 bits per heavy atom. The third kappa shape index (κ3) is 5.57. The first kappa shape index (κ1) is 18.3. The number of benzene rings is 1. The van der Waals surface area contributed by atoms with E-state index < -0.39 is 0 Å². The molecule has 0 fully saturated rings. The van der Waals surface area contributed by atoms with Gasteiger partial charge < -0.3 is 0 Å². The summed E-state index contributed by atoms with van der Waals surface area (Å²) in [5.41, 5.74) is 6.42. The Kier molecular flexibility index (Phi) is 7.19. The molecular formula is C22H30. The average molecular weight is 294 g/mol. The molecule has 0 saturated carbocycles. The SMILES string of the molecule is C#CC.CC/C=C(\C=C(C)C)CC1(C)Cc2ccccc2C1. The van der Waals surface area contributed by atoms with Crippen molar-refractivity contribution in [2.45, 2.75) is 60.3 Å². The molecule has 22 heavy (non-hydrogen) atoms. The van der Waals surface area contributed by atoms with Gasteiger partial charge in [-0.2, -0.15) is 0 Å². The summed E-state index contributed by atoms with van der Waals surface area (Å²) in [6, 6.07) is 8.93. The van der Waals surface area contributed by atoms with Crippen LogP contribution in [0.2, 0.25) is 0 Å². The Balaban J connectivity index is 0.000000745. The van der Waals surface area contributed by atoms with Gasteiger partial charge in [0, 0.05) is 0 Å². The van der Waals surface area contributed by atoms with E-state index in [2.05, 4.69) is 76.5 Å². The molecule has 1 aromatic rings. The number of hydrogen-bond donors (Lipinski definition) is 0. The average Bonchev–Trinajstić information content (AvgIpc) is 2.74. The Morgan fingerprint density at radius 2 is 1.73 bits per heavy atom. The van der Waals surface area contributed by atoms with Crippen LogP contribution in [0.15, 0.2) is 47.6 Å². The summed E-state index contributed by atoms with van der Waals surface area (Å²) in [6.07, 6.45) is 14.1. The lowest BCUT2D eigenvalue weighted by molar-refractivity contribution is 0.345. The van der Waals surface area contributed by atoms with Gasteiger partial charge >= 0.3 is 0 Å². The highest BCUT2D eigenvalue weighted by Crippen LogP contribution is 2.41. The van der Waals surface area contributed by atoms with E-state index in [1.165, 1.54) is 30.4 Å². The zero-order chi connectivity index (χ0) is 16.6. The molecule has 118 valence electrons. The van der Waals surface area contributed by atoms with E-state index in [0.717, 1.165) is 6.42 Å². The predicted molar refractivity (Wildman–Crippen MR) is 98.9 cm³/mol. The molecule has 1 aromatic carbocycles. The van der Waals surface area contributed by atoms with Crippen molar-refractivity contribution in [3.8, 4) is 12.3 Å². The topological polar surface area (TPSA) is 0 Å². The zero-order valence-corrected chi connectivity index (χ0v) is 14.9. The first-order chi connectivity index (χ1) is 10.4. The fourth-order valence-electron chi connectivity index (χ4n) is 3.32. The molecule has 0 N–H and O–H groups in total. The number of allylic oxidation sites excluding steroid dienone is 4. The molecule has 2 rings (SSSR count). The van der Waals surface area contributed by atoms with Gasteiger partial charge in [-0.25, -0.2) is 0 Å². The van der Waals surface area contributed by atoms with Crippen LogP contribution in [0.4, 0.5) is 0 Å². The summed E-state index contributed by atoms with van der Waals surface area (Å²) in [5, 5.41) is 0. The first-order valence-corrected chi connectivity index (χ1v) is 8.22. The number of hydrogen-bond acceptors (Lipinski definition) is 0. The molecule has 0 radical (unpaired) electrons. The minimum Gasteiger partial charge on any atom is -0.120 e. The monoisotopic (exact) mass is 294 g/mol. The molecule has 0 heterocycles. The molecule has 1 aliphatic rings. The smallest absolute Gasteiger partial charge is 0.00297 e. The van der Waals surface area contributed by atoms with E-state index >= 15 is 0 Å². The van der Waals surface area contributed by atoms with Crippen molar-refractivity contribution < 1.29 is 0 Å². The van der Waals surface area contributed by atoms with E-state index in [0.29, 0.717) is 5.41 Å². The van der Waals surface area contributed by atoms with Crippen LogP contribution < -0.4 is 0 Å². The van der Waals surface area contributed by atoms with Crippen LogP contribution in [0, 0.1) is 17.8 Å². The van der Waals surface area contributed by atoms with Crippen molar-refractivity contribution in [3.63, 3.8) is 0 Å². The van der Waals surface area contributed by atoms with Gasteiger partial charge in [0.1, 0.15) is 0 Å². The highest BCUT2D eigenvalue weighted by molar-refractivity contribution is 5.36. The second-order valence-electron chi connectivity index (χ2n) is 6.81. The molecular weight excluding hydrogens is 264 g/mol. The van der Waals surface area contributed by atoms with Crippen LogP contribution >= 0.6 is 0 Å². The third-order valence-electron chi connectivity index (χ3n) is 3.92. The van der Waals surface area contributed by atoms with E-state index in [9.17, 15) is 0 Å². The lowest BCUT2D eigenvalue weighted by Crippen LogP contribution is -2.17. The van der Waals surface area contributed by atoms with Crippen LogP contribution in [0.3, 0.4) is 0 Å². The maximum absolute atomic E-state index is 4.60. The molecule has 0 nitrogen and oxygen atoms in total. The minimum atomic E-state index is 0.399. The third-order valence-corrected chi connectivity index (χ3v) is 3.92. The molecule has 0 atom stereocenters. The van der Waals surface area contributed by atoms with Gasteiger partial charge in [-0.05, 0) is 63.0 Å². The maximum atomic E-state index is 4.60. The van der Waals surface area contributed by atoms with Gasteiger partial charge in [-0.1, -0.05) is 61.4 Å². The second kappa shape index (κ2) is 8.64. The minimum absolute atomic E-state index is 0.399. The lowest BCUT2D eigenvalue weighted by Gasteiger charge is -2.24. The Bertz CT molecular complexity index is 549. The van der Waals surface area contributed by atoms with Crippen LogP contribution in [0.5, 0.6) is 0 Å². The molecule has 0 spiro atoms. The quantitative estimate of drug-likeness (QED) is 0.463. The predicted octanol–water partition coefficient (Wildman–Crippen LogP) is 6.12. The molecule has 0 aliphatic heterocycles.